The van der Waals surface area contributed by atoms with E-state index in [0.717, 1.165) is 26.0 Å². The number of hydrogen-bond acceptors (Lipinski definition) is 3. The average Bonchev–Trinajstić information content (AvgIpc) is 2.46. The summed E-state index contributed by atoms with van der Waals surface area (Å²) in [6.45, 7) is 2.32. The van der Waals surface area contributed by atoms with Crippen LogP contribution in [0.4, 0.5) is 0 Å². The van der Waals surface area contributed by atoms with Gasteiger partial charge in [-0.3, -0.25) is 4.79 Å². The Hall–Kier alpha value is -1.39. The minimum atomic E-state index is -0.0180. The Morgan fingerprint density at radius 3 is 2.65 bits per heavy atom. The number of nitrogens with zero attached hydrogens (tertiary/aromatic N) is 1. The first-order valence-corrected chi connectivity index (χ1v) is 7.28. The second-order valence-corrected chi connectivity index (χ2v) is 5.63. The molecule has 2 rings (SSSR count). The van der Waals surface area contributed by atoms with Gasteiger partial charge in [-0.25, -0.2) is 0 Å². The Balaban J connectivity index is 1.82. The molecule has 4 nitrogen and oxygen atoms in total. The molecule has 4 heteroatoms. The number of amides is 1. The number of rotatable bonds is 5. The normalized spacial score (nSPS) is 19.1. The maximum absolute atomic E-state index is 12.0. The van der Waals surface area contributed by atoms with Crippen LogP contribution in [0.5, 0.6) is 0 Å². The molecule has 0 unspecified atom stereocenters. The standard InChI is InChI=1S/C16H24N2O2/c1-18(2)12-13-6-8-14(9-7-13)16(19)17-11-15-5-3-4-10-20-15/h6-9,15H,3-5,10-12H2,1-2H3,(H,17,19)/t15-/m1/s1. The molecule has 0 saturated carbocycles. The van der Waals surface area contributed by atoms with E-state index in [-0.39, 0.29) is 12.0 Å². The van der Waals surface area contributed by atoms with Crippen LogP contribution in [0.25, 0.3) is 0 Å². The van der Waals surface area contributed by atoms with E-state index in [1.165, 1.54) is 12.0 Å². The van der Waals surface area contributed by atoms with Crippen molar-refractivity contribution in [2.24, 2.45) is 0 Å². The van der Waals surface area contributed by atoms with Crippen molar-refractivity contribution >= 4 is 5.91 Å². The maximum Gasteiger partial charge on any atom is 0.251 e. The Labute approximate surface area is 121 Å². The van der Waals surface area contributed by atoms with Crippen LogP contribution in [0.1, 0.15) is 35.2 Å². The molecule has 0 aliphatic carbocycles. The first-order valence-electron chi connectivity index (χ1n) is 7.28. The summed E-state index contributed by atoms with van der Waals surface area (Å²) in [5, 5.41) is 2.95. The molecular weight excluding hydrogens is 252 g/mol. The molecule has 20 heavy (non-hydrogen) atoms. The van der Waals surface area contributed by atoms with E-state index in [1.807, 2.05) is 38.4 Å². The average molecular weight is 276 g/mol. The van der Waals surface area contributed by atoms with E-state index >= 15 is 0 Å². The van der Waals surface area contributed by atoms with Gasteiger partial charge in [0.2, 0.25) is 0 Å². The number of carbonyl (C=O) groups is 1. The lowest BCUT2D eigenvalue weighted by Gasteiger charge is -2.22. The number of ether oxygens (including phenoxy) is 1. The second-order valence-electron chi connectivity index (χ2n) is 5.63. The van der Waals surface area contributed by atoms with Gasteiger partial charge < -0.3 is 15.0 Å². The minimum absolute atomic E-state index is 0.0180. The number of benzene rings is 1. The first kappa shape index (κ1) is 15.0. The fourth-order valence-electron chi connectivity index (χ4n) is 2.40. The lowest BCUT2D eigenvalue weighted by molar-refractivity contribution is 0.0169. The summed E-state index contributed by atoms with van der Waals surface area (Å²) in [7, 11) is 4.07. The first-order chi connectivity index (χ1) is 9.65. The molecule has 1 aliphatic rings. The van der Waals surface area contributed by atoms with Gasteiger partial charge in [0.25, 0.3) is 5.91 Å². The van der Waals surface area contributed by atoms with Gasteiger partial charge in [-0.2, -0.15) is 0 Å². The highest BCUT2D eigenvalue weighted by atomic mass is 16.5. The van der Waals surface area contributed by atoms with Crippen LogP contribution in [0.2, 0.25) is 0 Å². The Bertz CT molecular complexity index is 423. The van der Waals surface area contributed by atoms with E-state index in [4.69, 9.17) is 4.74 Å². The van der Waals surface area contributed by atoms with Crippen LogP contribution in [0.3, 0.4) is 0 Å². The monoisotopic (exact) mass is 276 g/mol. The smallest absolute Gasteiger partial charge is 0.251 e. The Morgan fingerprint density at radius 2 is 2.05 bits per heavy atom. The molecule has 0 spiro atoms. The fourth-order valence-corrected chi connectivity index (χ4v) is 2.40. The lowest BCUT2D eigenvalue weighted by atomic mass is 10.1. The molecule has 0 aromatic heterocycles. The predicted octanol–water partition coefficient (Wildman–Crippen LogP) is 2.05. The van der Waals surface area contributed by atoms with Crippen LogP contribution in [0, 0.1) is 0 Å². The van der Waals surface area contributed by atoms with Crippen molar-refractivity contribution in [2.75, 3.05) is 27.2 Å². The van der Waals surface area contributed by atoms with Gasteiger partial charge >= 0.3 is 0 Å². The third-order valence-electron chi connectivity index (χ3n) is 3.48. The number of hydrogen-bond donors (Lipinski definition) is 1. The van der Waals surface area contributed by atoms with Gasteiger partial charge in [0, 0.05) is 25.3 Å². The van der Waals surface area contributed by atoms with E-state index in [9.17, 15) is 4.79 Å². The fraction of sp³-hybridized carbons (Fsp3) is 0.562. The molecule has 1 aromatic rings. The molecule has 110 valence electrons. The van der Waals surface area contributed by atoms with Gasteiger partial charge in [-0.05, 0) is 51.1 Å². The molecule has 1 amide bonds. The van der Waals surface area contributed by atoms with Crippen LogP contribution in [-0.4, -0.2) is 44.2 Å². The third kappa shape index (κ3) is 4.62. The van der Waals surface area contributed by atoms with Crippen molar-refractivity contribution in [2.45, 2.75) is 31.9 Å². The molecule has 1 heterocycles. The maximum atomic E-state index is 12.0. The summed E-state index contributed by atoms with van der Waals surface area (Å²) >= 11 is 0. The summed E-state index contributed by atoms with van der Waals surface area (Å²) in [6, 6.07) is 7.78. The molecule has 1 aromatic carbocycles. The van der Waals surface area contributed by atoms with E-state index in [2.05, 4.69) is 10.2 Å². The highest BCUT2D eigenvalue weighted by Crippen LogP contribution is 2.12. The zero-order chi connectivity index (χ0) is 14.4. The van der Waals surface area contributed by atoms with E-state index < -0.39 is 0 Å². The third-order valence-corrected chi connectivity index (χ3v) is 3.48. The molecule has 1 atom stereocenters. The zero-order valence-electron chi connectivity index (χ0n) is 12.4. The Kier molecular flexibility index (Phi) is 5.56. The molecule has 0 bridgehead atoms. The molecule has 1 N–H and O–H groups in total. The van der Waals surface area contributed by atoms with Crippen molar-refractivity contribution < 1.29 is 9.53 Å². The molecule has 0 radical (unpaired) electrons. The van der Waals surface area contributed by atoms with Gasteiger partial charge in [0.05, 0.1) is 6.10 Å². The summed E-state index contributed by atoms with van der Waals surface area (Å²) in [4.78, 5) is 14.2. The van der Waals surface area contributed by atoms with Crippen molar-refractivity contribution in [3.63, 3.8) is 0 Å². The van der Waals surface area contributed by atoms with E-state index in [0.29, 0.717) is 12.1 Å². The Morgan fingerprint density at radius 1 is 1.30 bits per heavy atom. The summed E-state index contributed by atoms with van der Waals surface area (Å²) in [5.41, 5.74) is 1.92. The molecule has 1 saturated heterocycles. The second kappa shape index (κ2) is 7.41. The van der Waals surface area contributed by atoms with Gasteiger partial charge in [-0.1, -0.05) is 12.1 Å². The topological polar surface area (TPSA) is 41.6 Å². The number of carbonyl (C=O) groups excluding carboxylic acids is 1. The minimum Gasteiger partial charge on any atom is -0.376 e. The summed E-state index contributed by atoms with van der Waals surface area (Å²) in [6.07, 6.45) is 3.56. The summed E-state index contributed by atoms with van der Waals surface area (Å²) in [5.74, 6) is -0.0180. The van der Waals surface area contributed by atoms with Crippen molar-refractivity contribution in [1.29, 1.82) is 0 Å². The SMILES string of the molecule is CN(C)Cc1ccc(C(=O)NC[C@H]2CCCCO2)cc1. The lowest BCUT2D eigenvalue weighted by Crippen LogP contribution is -2.35. The van der Waals surface area contributed by atoms with Gasteiger partial charge in [-0.15, -0.1) is 0 Å². The van der Waals surface area contributed by atoms with E-state index in [1.54, 1.807) is 0 Å². The molecular formula is C16H24N2O2. The highest BCUT2D eigenvalue weighted by Gasteiger charge is 2.15. The van der Waals surface area contributed by atoms with Crippen molar-refractivity contribution in [1.82, 2.24) is 10.2 Å². The molecule has 1 aliphatic heterocycles. The van der Waals surface area contributed by atoms with Gasteiger partial charge in [0.1, 0.15) is 0 Å². The quantitative estimate of drug-likeness (QED) is 0.895. The van der Waals surface area contributed by atoms with Crippen molar-refractivity contribution in [3.8, 4) is 0 Å². The van der Waals surface area contributed by atoms with Crippen molar-refractivity contribution in [3.05, 3.63) is 35.4 Å². The summed E-state index contributed by atoms with van der Waals surface area (Å²) < 4.78 is 5.61. The van der Waals surface area contributed by atoms with Crippen LogP contribution in [-0.2, 0) is 11.3 Å². The highest BCUT2D eigenvalue weighted by molar-refractivity contribution is 5.94. The van der Waals surface area contributed by atoms with Crippen LogP contribution < -0.4 is 5.32 Å². The largest absolute Gasteiger partial charge is 0.376 e. The van der Waals surface area contributed by atoms with Gasteiger partial charge in [0.15, 0.2) is 0 Å². The zero-order valence-corrected chi connectivity index (χ0v) is 12.4. The predicted molar refractivity (Wildman–Crippen MR) is 79.8 cm³/mol. The van der Waals surface area contributed by atoms with Crippen LogP contribution in [0.15, 0.2) is 24.3 Å². The van der Waals surface area contributed by atoms with Crippen LogP contribution >= 0.6 is 0 Å². The molecule has 1 fully saturated rings. The number of nitrogens with one attached hydrogen (secondary N) is 1.